The van der Waals surface area contributed by atoms with Crippen molar-refractivity contribution < 1.29 is 17.6 Å². The Morgan fingerprint density at radius 2 is 2.00 bits per heavy atom. The Balaban J connectivity index is 2.93. The highest BCUT2D eigenvalue weighted by molar-refractivity contribution is 5.30. The molecule has 0 aromatic heterocycles. The maximum atomic E-state index is 13.7. The van der Waals surface area contributed by atoms with E-state index in [4.69, 9.17) is 5.73 Å². The summed E-state index contributed by atoms with van der Waals surface area (Å²) in [4.78, 5) is 0. The van der Waals surface area contributed by atoms with Crippen molar-refractivity contribution in [3.8, 4) is 0 Å². The van der Waals surface area contributed by atoms with Gasteiger partial charge in [0.1, 0.15) is 5.82 Å². The first-order chi connectivity index (χ1) is 8.38. The molecule has 0 saturated heterocycles. The molecule has 0 aliphatic rings. The van der Waals surface area contributed by atoms with Crippen molar-refractivity contribution in [2.75, 3.05) is 0 Å². The van der Waals surface area contributed by atoms with Crippen LogP contribution >= 0.6 is 0 Å². The highest BCUT2D eigenvalue weighted by Gasteiger charge is 2.35. The van der Waals surface area contributed by atoms with E-state index in [2.05, 4.69) is 6.58 Å². The lowest BCUT2D eigenvalue weighted by Crippen LogP contribution is -2.16. The number of unbranched alkanes of at least 4 members (excludes halogenated alkanes) is 1. The van der Waals surface area contributed by atoms with E-state index in [1.807, 2.05) is 0 Å². The number of nitrogens with two attached hydrogens (primary N) is 1. The topological polar surface area (TPSA) is 26.0 Å². The fraction of sp³-hybridized carbons (Fsp3) is 0.385. The van der Waals surface area contributed by atoms with E-state index in [9.17, 15) is 17.6 Å². The molecule has 1 atom stereocenters. The Labute approximate surface area is 103 Å². The van der Waals surface area contributed by atoms with Gasteiger partial charge < -0.3 is 5.73 Å². The number of allylic oxidation sites excluding steroid dienone is 1. The van der Waals surface area contributed by atoms with Crippen LogP contribution in [0.2, 0.25) is 0 Å². The molecule has 5 heteroatoms. The molecular weight excluding hydrogens is 246 g/mol. The van der Waals surface area contributed by atoms with Crippen molar-refractivity contribution in [1.29, 1.82) is 0 Å². The standard InChI is InChI=1S/C13H15F4N/c1-2-3-4-8-11(18)9-6-5-7-10(12(9)14)13(15,16)17/h2,5-7,11H,1,3-4,8,18H2. The van der Waals surface area contributed by atoms with Crippen LogP contribution in [0.5, 0.6) is 0 Å². The van der Waals surface area contributed by atoms with Gasteiger partial charge in [-0.05, 0) is 25.3 Å². The number of benzene rings is 1. The van der Waals surface area contributed by atoms with Crippen LogP contribution in [0.3, 0.4) is 0 Å². The van der Waals surface area contributed by atoms with Gasteiger partial charge in [0.2, 0.25) is 0 Å². The minimum atomic E-state index is -4.69. The lowest BCUT2D eigenvalue weighted by Gasteiger charge is -2.16. The van der Waals surface area contributed by atoms with Crippen molar-refractivity contribution in [3.05, 3.63) is 47.8 Å². The molecule has 0 bridgehead atoms. The average molecular weight is 261 g/mol. The summed E-state index contributed by atoms with van der Waals surface area (Å²) in [6.45, 7) is 3.53. The van der Waals surface area contributed by atoms with E-state index in [1.165, 1.54) is 12.1 Å². The summed E-state index contributed by atoms with van der Waals surface area (Å²) < 4.78 is 51.2. The van der Waals surface area contributed by atoms with Crippen LogP contribution in [0.4, 0.5) is 17.6 Å². The molecule has 1 rings (SSSR count). The molecule has 0 saturated carbocycles. The van der Waals surface area contributed by atoms with E-state index in [0.717, 1.165) is 6.07 Å². The van der Waals surface area contributed by atoms with Gasteiger partial charge in [-0.15, -0.1) is 6.58 Å². The van der Waals surface area contributed by atoms with Crippen molar-refractivity contribution in [2.45, 2.75) is 31.5 Å². The van der Waals surface area contributed by atoms with Gasteiger partial charge in [0.05, 0.1) is 5.56 Å². The second-order valence-corrected chi connectivity index (χ2v) is 4.03. The maximum absolute atomic E-state index is 13.7. The Morgan fingerprint density at radius 3 is 2.56 bits per heavy atom. The summed E-state index contributed by atoms with van der Waals surface area (Å²) in [5.41, 5.74) is 4.35. The molecule has 0 radical (unpaired) electrons. The largest absolute Gasteiger partial charge is 0.419 e. The molecule has 0 aliphatic heterocycles. The van der Waals surface area contributed by atoms with E-state index >= 15 is 0 Å². The summed E-state index contributed by atoms with van der Waals surface area (Å²) in [5.74, 6) is -1.27. The highest BCUT2D eigenvalue weighted by Crippen LogP contribution is 2.34. The van der Waals surface area contributed by atoms with Crippen LogP contribution in [-0.2, 0) is 6.18 Å². The number of alkyl halides is 3. The molecule has 1 aromatic carbocycles. The first-order valence-corrected chi connectivity index (χ1v) is 5.60. The number of hydrogen-bond donors (Lipinski definition) is 1. The van der Waals surface area contributed by atoms with Gasteiger partial charge in [-0.2, -0.15) is 13.2 Å². The SMILES string of the molecule is C=CCCCC(N)c1cccc(C(F)(F)F)c1F. The maximum Gasteiger partial charge on any atom is 0.419 e. The first kappa shape index (κ1) is 14.7. The molecule has 1 aromatic rings. The summed E-state index contributed by atoms with van der Waals surface area (Å²) >= 11 is 0. The Hall–Kier alpha value is -1.36. The van der Waals surface area contributed by atoms with Crippen molar-refractivity contribution in [2.24, 2.45) is 5.73 Å². The van der Waals surface area contributed by atoms with Crippen LogP contribution in [0.25, 0.3) is 0 Å². The quantitative estimate of drug-likeness (QED) is 0.480. The number of rotatable bonds is 5. The van der Waals surface area contributed by atoms with Gasteiger partial charge in [-0.25, -0.2) is 4.39 Å². The second-order valence-electron chi connectivity index (χ2n) is 4.03. The van der Waals surface area contributed by atoms with Crippen LogP contribution < -0.4 is 5.73 Å². The zero-order valence-corrected chi connectivity index (χ0v) is 9.80. The fourth-order valence-electron chi connectivity index (χ4n) is 1.69. The van der Waals surface area contributed by atoms with E-state index in [1.54, 1.807) is 6.08 Å². The average Bonchev–Trinajstić information content (AvgIpc) is 2.28. The molecule has 18 heavy (non-hydrogen) atoms. The summed E-state index contributed by atoms with van der Waals surface area (Å²) in [5, 5.41) is 0. The lowest BCUT2D eigenvalue weighted by atomic mass is 9.99. The van der Waals surface area contributed by atoms with Crippen molar-refractivity contribution in [3.63, 3.8) is 0 Å². The fourth-order valence-corrected chi connectivity index (χ4v) is 1.69. The second kappa shape index (κ2) is 6.00. The smallest absolute Gasteiger partial charge is 0.324 e. The molecule has 0 fully saturated rings. The number of halogens is 4. The van der Waals surface area contributed by atoms with Crippen LogP contribution in [0, 0.1) is 5.82 Å². The summed E-state index contributed by atoms with van der Waals surface area (Å²) in [7, 11) is 0. The molecule has 1 nitrogen and oxygen atoms in total. The monoisotopic (exact) mass is 261 g/mol. The van der Waals surface area contributed by atoms with Gasteiger partial charge in [-0.1, -0.05) is 18.2 Å². The predicted molar refractivity (Wildman–Crippen MR) is 62.4 cm³/mol. The molecular formula is C13H15F4N. The minimum Gasteiger partial charge on any atom is -0.324 e. The van der Waals surface area contributed by atoms with Gasteiger partial charge in [0.15, 0.2) is 0 Å². The van der Waals surface area contributed by atoms with Gasteiger partial charge in [0, 0.05) is 11.6 Å². The van der Waals surface area contributed by atoms with Gasteiger partial charge in [-0.3, -0.25) is 0 Å². The Morgan fingerprint density at radius 1 is 1.33 bits per heavy atom. The minimum absolute atomic E-state index is 0.0890. The third kappa shape index (κ3) is 3.57. The van der Waals surface area contributed by atoms with Crippen molar-refractivity contribution >= 4 is 0 Å². The van der Waals surface area contributed by atoms with Gasteiger partial charge >= 0.3 is 6.18 Å². The molecule has 0 amide bonds. The molecule has 1 unspecified atom stereocenters. The van der Waals surface area contributed by atoms with Crippen LogP contribution in [0.1, 0.15) is 36.4 Å². The third-order valence-corrected chi connectivity index (χ3v) is 2.66. The summed E-state index contributed by atoms with van der Waals surface area (Å²) in [6.07, 6.45) is -1.21. The third-order valence-electron chi connectivity index (χ3n) is 2.66. The molecule has 100 valence electrons. The predicted octanol–water partition coefficient (Wildman–Crippen LogP) is 4.20. The molecule has 2 N–H and O–H groups in total. The lowest BCUT2D eigenvalue weighted by molar-refractivity contribution is -0.140. The first-order valence-electron chi connectivity index (χ1n) is 5.60. The van der Waals surface area contributed by atoms with Crippen LogP contribution in [0.15, 0.2) is 30.9 Å². The van der Waals surface area contributed by atoms with Gasteiger partial charge in [0.25, 0.3) is 0 Å². The Kier molecular flexibility index (Phi) is 4.90. The summed E-state index contributed by atoms with van der Waals surface area (Å²) in [6, 6.07) is 2.46. The van der Waals surface area contributed by atoms with Crippen LogP contribution in [-0.4, -0.2) is 0 Å². The normalized spacial score (nSPS) is 13.4. The zero-order chi connectivity index (χ0) is 13.8. The van der Waals surface area contributed by atoms with E-state index in [-0.39, 0.29) is 5.56 Å². The molecule has 0 spiro atoms. The van der Waals surface area contributed by atoms with Crippen molar-refractivity contribution in [1.82, 2.24) is 0 Å². The Bertz CT molecular complexity index is 412. The molecule has 0 aliphatic carbocycles. The van der Waals surface area contributed by atoms with E-state index < -0.39 is 23.6 Å². The number of hydrogen-bond acceptors (Lipinski definition) is 1. The highest BCUT2D eigenvalue weighted by atomic mass is 19.4. The molecule has 0 heterocycles. The van der Waals surface area contributed by atoms with E-state index in [0.29, 0.717) is 19.3 Å². The zero-order valence-electron chi connectivity index (χ0n) is 9.80.